The molecular formula is C53H38O4S2. The van der Waals surface area contributed by atoms with E-state index >= 15 is 0 Å². The minimum Gasteiger partial charge on any atom is -0.491 e. The highest BCUT2D eigenvalue weighted by molar-refractivity contribution is 7.18. The van der Waals surface area contributed by atoms with Crippen LogP contribution >= 0.6 is 22.7 Å². The van der Waals surface area contributed by atoms with E-state index in [-0.39, 0.29) is 26.4 Å². The Kier molecular flexibility index (Phi) is 8.82. The van der Waals surface area contributed by atoms with Crippen molar-refractivity contribution in [3.05, 3.63) is 189 Å². The molecular weight excluding hydrogens is 765 g/mol. The number of aliphatic hydroxyl groups excluding tert-OH is 2. The van der Waals surface area contributed by atoms with Gasteiger partial charge in [0.1, 0.15) is 24.7 Å². The Morgan fingerprint density at radius 3 is 1.71 bits per heavy atom. The van der Waals surface area contributed by atoms with Crippen LogP contribution in [-0.4, -0.2) is 36.6 Å². The van der Waals surface area contributed by atoms with Crippen molar-refractivity contribution in [2.24, 2.45) is 0 Å². The highest BCUT2D eigenvalue weighted by Gasteiger charge is 2.38. The molecule has 2 aromatic heterocycles. The molecule has 0 saturated heterocycles. The van der Waals surface area contributed by atoms with Crippen LogP contribution in [-0.2, 0) is 5.41 Å². The number of benzene rings is 7. The first-order valence-corrected chi connectivity index (χ1v) is 21.7. The molecule has 2 aliphatic carbocycles. The summed E-state index contributed by atoms with van der Waals surface area (Å²) < 4.78 is 15.0. The summed E-state index contributed by atoms with van der Waals surface area (Å²) in [7, 11) is 0. The van der Waals surface area contributed by atoms with E-state index in [0.29, 0.717) is 0 Å². The summed E-state index contributed by atoms with van der Waals surface area (Å²) in [5.74, 6) is 1.46. The van der Waals surface area contributed by atoms with Gasteiger partial charge in [-0.2, -0.15) is 0 Å². The SMILES string of the molecule is OCCOc1ccc(C2(c3ccc(OCCO)c(-c4csc5ccccc45)c3)C=CC=c3c2ccc2c3=Cc3c-2ccc2ccccc32)cc1-c1csc2ccccc12. The van der Waals surface area contributed by atoms with Crippen molar-refractivity contribution in [3.8, 4) is 44.9 Å². The Balaban J connectivity index is 1.20. The van der Waals surface area contributed by atoms with E-state index in [4.69, 9.17) is 9.47 Å². The number of fused-ring (bicyclic) bond motifs is 9. The van der Waals surface area contributed by atoms with Crippen LogP contribution in [0.4, 0.5) is 0 Å². The zero-order chi connectivity index (χ0) is 39.5. The minimum absolute atomic E-state index is 0.0779. The molecule has 0 saturated carbocycles. The van der Waals surface area contributed by atoms with Crippen molar-refractivity contribution < 1.29 is 19.7 Å². The number of aliphatic hydroxyl groups is 2. The Morgan fingerprint density at radius 1 is 0.508 bits per heavy atom. The van der Waals surface area contributed by atoms with Gasteiger partial charge in [0.2, 0.25) is 0 Å². The lowest BCUT2D eigenvalue weighted by Crippen LogP contribution is -2.41. The Bertz CT molecular complexity index is 3150. The first kappa shape index (κ1) is 35.8. The van der Waals surface area contributed by atoms with Crippen molar-refractivity contribution in [1.29, 1.82) is 0 Å². The Hall–Kier alpha value is -6.28. The lowest BCUT2D eigenvalue weighted by molar-refractivity contribution is 0.202. The third-order valence-electron chi connectivity index (χ3n) is 12.0. The maximum Gasteiger partial charge on any atom is 0.127 e. The van der Waals surface area contributed by atoms with Gasteiger partial charge in [-0.3, -0.25) is 0 Å². The van der Waals surface area contributed by atoms with E-state index in [1.165, 1.54) is 63.6 Å². The summed E-state index contributed by atoms with van der Waals surface area (Å²) in [6, 6.07) is 47.9. The van der Waals surface area contributed by atoms with Crippen molar-refractivity contribution in [2.75, 3.05) is 26.4 Å². The maximum absolute atomic E-state index is 9.86. The zero-order valence-electron chi connectivity index (χ0n) is 32.0. The molecule has 0 unspecified atom stereocenters. The van der Waals surface area contributed by atoms with Crippen molar-refractivity contribution >= 4 is 65.8 Å². The molecule has 0 radical (unpaired) electrons. The third-order valence-corrected chi connectivity index (χ3v) is 13.9. The Labute approximate surface area is 349 Å². The van der Waals surface area contributed by atoms with Crippen LogP contribution in [0.3, 0.4) is 0 Å². The van der Waals surface area contributed by atoms with Crippen LogP contribution < -0.4 is 19.9 Å². The van der Waals surface area contributed by atoms with E-state index < -0.39 is 5.41 Å². The predicted octanol–water partition coefficient (Wildman–Crippen LogP) is 10.8. The highest BCUT2D eigenvalue weighted by Crippen LogP contribution is 2.49. The van der Waals surface area contributed by atoms with Crippen molar-refractivity contribution in [1.82, 2.24) is 0 Å². The molecule has 286 valence electrons. The first-order valence-electron chi connectivity index (χ1n) is 19.9. The lowest BCUT2D eigenvalue weighted by atomic mass is 9.66. The summed E-state index contributed by atoms with van der Waals surface area (Å²) in [6.07, 6.45) is 9.23. The molecule has 7 aromatic carbocycles. The standard InChI is InChI=1S/C53H38O4S2/c54-24-26-56-49-21-16-34(28-44(49)46-31-58-51-13-5-3-10-40(46)51)53(35-17-22-50(57-27-25-55)45(29-35)47-32-59-52-14-6-4-11-41(47)52)23-7-12-39-43-30-42-36-9-2-1-8-33(36)15-18-37(42)38(43)19-20-48(39)53/h1-23,28-32,54-55H,24-27H2. The van der Waals surface area contributed by atoms with Crippen LogP contribution in [0.25, 0.3) is 76.5 Å². The molecule has 4 nitrogen and oxygen atoms in total. The van der Waals surface area contributed by atoms with Gasteiger partial charge in [0, 0.05) is 42.4 Å². The summed E-state index contributed by atoms with van der Waals surface area (Å²) in [4.78, 5) is 0. The van der Waals surface area contributed by atoms with Crippen LogP contribution in [0.2, 0.25) is 0 Å². The zero-order valence-corrected chi connectivity index (χ0v) is 33.7. The van der Waals surface area contributed by atoms with Gasteiger partial charge in [-0.1, -0.05) is 115 Å². The van der Waals surface area contributed by atoms with E-state index in [2.05, 4.69) is 169 Å². The molecule has 6 heteroatoms. The van der Waals surface area contributed by atoms with Crippen LogP contribution in [0.1, 0.15) is 22.3 Å². The Morgan fingerprint density at radius 2 is 1.08 bits per heavy atom. The van der Waals surface area contributed by atoms with Crippen molar-refractivity contribution in [2.45, 2.75) is 5.41 Å². The molecule has 2 N–H and O–H groups in total. The van der Waals surface area contributed by atoms with Gasteiger partial charge in [-0.15, -0.1) is 22.7 Å². The smallest absolute Gasteiger partial charge is 0.127 e. The highest BCUT2D eigenvalue weighted by atomic mass is 32.1. The van der Waals surface area contributed by atoms with E-state index in [9.17, 15) is 10.2 Å². The first-order chi connectivity index (χ1) is 29.2. The average Bonchev–Trinajstić information content (AvgIpc) is 4.03. The summed E-state index contributed by atoms with van der Waals surface area (Å²) in [5.41, 5.74) is 10.5. The number of rotatable bonds is 10. The summed E-state index contributed by atoms with van der Waals surface area (Å²) >= 11 is 3.45. The van der Waals surface area contributed by atoms with E-state index in [1.54, 1.807) is 22.7 Å². The summed E-state index contributed by atoms with van der Waals surface area (Å²) in [5, 5.41) is 31.4. The monoisotopic (exact) mass is 802 g/mol. The van der Waals surface area contributed by atoms with Gasteiger partial charge in [-0.25, -0.2) is 0 Å². The van der Waals surface area contributed by atoms with Gasteiger partial charge >= 0.3 is 0 Å². The van der Waals surface area contributed by atoms with Gasteiger partial charge in [0.25, 0.3) is 0 Å². The second-order valence-corrected chi connectivity index (χ2v) is 16.9. The number of thiophene rings is 2. The average molecular weight is 803 g/mol. The molecule has 0 spiro atoms. The van der Waals surface area contributed by atoms with E-state index in [1.807, 2.05) is 0 Å². The molecule has 0 bridgehead atoms. The third kappa shape index (κ3) is 5.70. The fourth-order valence-electron chi connectivity index (χ4n) is 9.34. The second kappa shape index (κ2) is 14.5. The van der Waals surface area contributed by atoms with Gasteiger partial charge < -0.3 is 19.7 Å². The normalized spacial score (nSPS) is 13.5. The number of ether oxygens (including phenoxy) is 2. The fraction of sp³-hybridized carbons (Fsp3) is 0.0943. The number of allylic oxidation sites excluding steroid dienone is 2. The van der Waals surface area contributed by atoms with Crippen LogP contribution in [0.15, 0.2) is 156 Å². The molecule has 9 aromatic rings. The number of hydrogen-bond donors (Lipinski definition) is 2. The number of hydrogen-bond acceptors (Lipinski definition) is 6. The molecule has 0 aliphatic heterocycles. The van der Waals surface area contributed by atoms with Gasteiger partial charge in [-0.05, 0) is 108 Å². The lowest BCUT2D eigenvalue weighted by Gasteiger charge is -2.36. The molecule has 2 heterocycles. The van der Waals surface area contributed by atoms with Crippen LogP contribution in [0, 0.1) is 0 Å². The maximum atomic E-state index is 9.86. The fourth-order valence-corrected chi connectivity index (χ4v) is 11.3. The minimum atomic E-state index is -0.740. The second-order valence-electron chi connectivity index (χ2n) is 15.1. The van der Waals surface area contributed by atoms with Gasteiger partial charge in [0.05, 0.1) is 18.6 Å². The van der Waals surface area contributed by atoms with Crippen LogP contribution in [0.5, 0.6) is 11.5 Å². The molecule has 11 rings (SSSR count). The molecule has 0 atom stereocenters. The topological polar surface area (TPSA) is 58.9 Å². The predicted molar refractivity (Wildman–Crippen MR) is 245 cm³/mol. The van der Waals surface area contributed by atoms with Gasteiger partial charge in [0.15, 0.2) is 0 Å². The quantitative estimate of drug-likeness (QED) is 0.145. The van der Waals surface area contributed by atoms with Crippen molar-refractivity contribution in [3.63, 3.8) is 0 Å². The molecule has 0 fully saturated rings. The molecule has 59 heavy (non-hydrogen) atoms. The largest absolute Gasteiger partial charge is 0.491 e. The molecule has 0 amide bonds. The molecule has 2 aliphatic rings. The van der Waals surface area contributed by atoms with E-state index in [0.717, 1.165) is 44.9 Å². The summed E-state index contributed by atoms with van der Waals surface area (Å²) in [6.45, 7) is 0.237.